The van der Waals surface area contributed by atoms with Gasteiger partial charge in [-0.1, -0.05) is 0 Å². The maximum absolute atomic E-state index is 8.66. The van der Waals surface area contributed by atoms with Crippen LogP contribution in [-0.2, 0) is 0 Å². The van der Waals surface area contributed by atoms with Crippen molar-refractivity contribution in [2.24, 2.45) is 5.41 Å². The van der Waals surface area contributed by atoms with Crippen molar-refractivity contribution in [3.8, 4) is 0 Å². The van der Waals surface area contributed by atoms with Gasteiger partial charge in [-0.05, 0) is 19.3 Å². The molecule has 0 spiro atoms. The lowest BCUT2D eigenvalue weighted by Crippen LogP contribution is -2.37. The zero-order valence-electron chi connectivity index (χ0n) is 4.80. The van der Waals surface area contributed by atoms with Crippen LogP contribution >= 0.6 is 0 Å². The lowest BCUT2D eigenvalue weighted by Gasteiger charge is -2.37. The molecule has 0 aromatic heterocycles. The molecule has 0 atom stereocenters. The lowest BCUT2D eigenvalue weighted by molar-refractivity contribution is 0.0200. The molecule has 1 rings (SSSR count). The summed E-state index contributed by atoms with van der Waals surface area (Å²) in [5, 5.41) is 17.3. The van der Waals surface area contributed by atoms with Crippen LogP contribution in [0, 0.1) is 11.8 Å². The van der Waals surface area contributed by atoms with Crippen LogP contribution < -0.4 is 0 Å². The summed E-state index contributed by atoms with van der Waals surface area (Å²) in [5.74, 6) is 0. The zero-order valence-corrected chi connectivity index (χ0v) is 4.80. The fraction of sp³-hybridized carbons (Fsp3) is 0.833. The van der Waals surface area contributed by atoms with E-state index in [0.717, 1.165) is 12.8 Å². The minimum absolute atomic E-state index is 0.125. The van der Waals surface area contributed by atoms with E-state index in [1.165, 1.54) is 0 Å². The number of rotatable bonds is 2. The molecule has 1 aliphatic rings. The molecule has 0 aromatic carbocycles. The topological polar surface area (TPSA) is 40.5 Å². The van der Waals surface area contributed by atoms with Crippen molar-refractivity contribution in [2.75, 3.05) is 13.2 Å². The molecule has 0 saturated heterocycles. The molecule has 0 bridgehead atoms. The Labute approximate surface area is 49.1 Å². The van der Waals surface area contributed by atoms with E-state index in [1.54, 1.807) is 0 Å². The van der Waals surface area contributed by atoms with E-state index in [1.807, 2.05) is 0 Å². The summed E-state index contributed by atoms with van der Waals surface area (Å²) < 4.78 is 0. The summed E-state index contributed by atoms with van der Waals surface area (Å²) in [6.45, 7) is 0.250. The Hall–Kier alpha value is -0.0800. The van der Waals surface area contributed by atoms with Gasteiger partial charge in [0.15, 0.2) is 0 Å². The molecule has 1 fully saturated rings. The van der Waals surface area contributed by atoms with Crippen molar-refractivity contribution in [3.63, 3.8) is 0 Å². The molecule has 1 aliphatic carbocycles. The Morgan fingerprint density at radius 2 is 1.75 bits per heavy atom. The number of hydrogen-bond donors (Lipinski definition) is 2. The van der Waals surface area contributed by atoms with Gasteiger partial charge in [0.2, 0.25) is 0 Å². The largest absolute Gasteiger partial charge is 0.396 e. The van der Waals surface area contributed by atoms with Gasteiger partial charge in [-0.25, -0.2) is 0 Å². The third-order valence-electron chi connectivity index (χ3n) is 1.83. The number of aliphatic hydroxyl groups is 2. The predicted octanol–water partition coefficient (Wildman–Crippen LogP) is -0.0445. The Morgan fingerprint density at radius 3 is 1.75 bits per heavy atom. The summed E-state index contributed by atoms with van der Waals surface area (Å²) in [5.41, 5.74) is -0.139. The van der Waals surface area contributed by atoms with Crippen LogP contribution in [0.15, 0.2) is 0 Å². The highest BCUT2D eigenvalue weighted by Gasteiger charge is 2.35. The van der Waals surface area contributed by atoms with Gasteiger partial charge in [0.05, 0.1) is 13.2 Å². The van der Waals surface area contributed by atoms with Crippen molar-refractivity contribution in [1.82, 2.24) is 0 Å². The van der Waals surface area contributed by atoms with E-state index in [9.17, 15) is 0 Å². The highest BCUT2D eigenvalue weighted by atomic mass is 16.3. The average molecular weight is 115 g/mol. The molecule has 0 aromatic rings. The summed E-state index contributed by atoms with van der Waals surface area (Å²) in [6, 6.07) is 0. The van der Waals surface area contributed by atoms with Crippen LogP contribution in [0.4, 0.5) is 0 Å². The van der Waals surface area contributed by atoms with Gasteiger partial charge in [-0.15, -0.1) is 0 Å². The Bertz CT molecular complexity index is 63.1. The van der Waals surface area contributed by atoms with E-state index in [0.29, 0.717) is 0 Å². The maximum atomic E-state index is 8.66. The van der Waals surface area contributed by atoms with E-state index >= 15 is 0 Å². The minimum atomic E-state index is -0.139. The molecule has 2 N–H and O–H groups in total. The molecule has 8 heavy (non-hydrogen) atoms. The van der Waals surface area contributed by atoms with E-state index in [-0.39, 0.29) is 18.6 Å². The quantitative estimate of drug-likeness (QED) is 0.530. The average Bonchev–Trinajstić information content (AvgIpc) is 1.67. The van der Waals surface area contributed by atoms with Gasteiger partial charge in [-0.3, -0.25) is 0 Å². The highest BCUT2D eigenvalue weighted by Crippen LogP contribution is 2.38. The van der Waals surface area contributed by atoms with Crippen molar-refractivity contribution in [1.29, 1.82) is 0 Å². The van der Waals surface area contributed by atoms with Crippen LogP contribution in [-0.4, -0.2) is 23.4 Å². The van der Waals surface area contributed by atoms with Crippen LogP contribution in [0.2, 0.25) is 0 Å². The fourth-order valence-corrected chi connectivity index (χ4v) is 0.861. The Morgan fingerprint density at radius 1 is 1.25 bits per heavy atom. The number of hydrogen-bond acceptors (Lipinski definition) is 2. The first-order valence-electron chi connectivity index (χ1n) is 2.86. The summed E-state index contributed by atoms with van der Waals surface area (Å²) in [4.78, 5) is 0. The van der Waals surface area contributed by atoms with Crippen LogP contribution in [0.5, 0.6) is 0 Å². The third kappa shape index (κ3) is 0.740. The molecule has 0 heterocycles. The van der Waals surface area contributed by atoms with E-state index < -0.39 is 0 Å². The monoisotopic (exact) mass is 115 g/mol. The molecule has 0 unspecified atom stereocenters. The van der Waals surface area contributed by atoms with Crippen molar-refractivity contribution < 1.29 is 10.2 Å². The van der Waals surface area contributed by atoms with Gasteiger partial charge >= 0.3 is 0 Å². The first kappa shape index (κ1) is 6.05. The van der Waals surface area contributed by atoms with Gasteiger partial charge in [0.1, 0.15) is 0 Å². The SMILES string of the molecule is OCC1(CO)C[CH]C1. The standard InChI is InChI=1S/C6H11O2/c7-4-6(5-8)2-1-3-6/h1,7-8H,2-5H2. The van der Waals surface area contributed by atoms with Gasteiger partial charge in [0.25, 0.3) is 0 Å². The van der Waals surface area contributed by atoms with Gasteiger partial charge in [-0.2, -0.15) is 0 Å². The van der Waals surface area contributed by atoms with E-state index in [2.05, 4.69) is 6.42 Å². The minimum Gasteiger partial charge on any atom is -0.396 e. The normalized spacial score (nSPS) is 24.8. The summed E-state index contributed by atoms with van der Waals surface area (Å²) in [6.07, 6.45) is 3.83. The molecule has 0 amide bonds. The van der Waals surface area contributed by atoms with Crippen LogP contribution in [0.3, 0.4) is 0 Å². The first-order valence-corrected chi connectivity index (χ1v) is 2.86. The second kappa shape index (κ2) is 2.03. The molecule has 0 aliphatic heterocycles. The second-order valence-corrected chi connectivity index (χ2v) is 2.51. The summed E-state index contributed by atoms with van der Waals surface area (Å²) in [7, 11) is 0. The zero-order chi connectivity index (χ0) is 6.04. The smallest absolute Gasteiger partial charge is 0.0509 e. The summed E-state index contributed by atoms with van der Waals surface area (Å²) >= 11 is 0. The first-order chi connectivity index (χ1) is 3.83. The molecule has 47 valence electrons. The van der Waals surface area contributed by atoms with Crippen molar-refractivity contribution in [3.05, 3.63) is 6.42 Å². The van der Waals surface area contributed by atoms with Gasteiger partial charge in [0, 0.05) is 5.41 Å². The molecular formula is C6H11O2. The fourth-order valence-electron chi connectivity index (χ4n) is 0.861. The van der Waals surface area contributed by atoms with Crippen LogP contribution in [0.1, 0.15) is 12.8 Å². The molecular weight excluding hydrogens is 104 g/mol. The molecule has 2 nitrogen and oxygen atoms in total. The van der Waals surface area contributed by atoms with Crippen molar-refractivity contribution in [2.45, 2.75) is 12.8 Å². The highest BCUT2D eigenvalue weighted by molar-refractivity contribution is 4.97. The Balaban J connectivity index is 2.33. The predicted molar refractivity (Wildman–Crippen MR) is 30.1 cm³/mol. The molecule has 1 radical (unpaired) electrons. The van der Waals surface area contributed by atoms with Crippen LogP contribution in [0.25, 0.3) is 0 Å². The van der Waals surface area contributed by atoms with Crippen molar-refractivity contribution >= 4 is 0 Å². The molecule has 2 heteroatoms. The molecule has 1 saturated carbocycles. The number of aliphatic hydroxyl groups excluding tert-OH is 2. The van der Waals surface area contributed by atoms with Gasteiger partial charge < -0.3 is 10.2 Å². The Kier molecular flexibility index (Phi) is 1.54. The lowest BCUT2D eigenvalue weighted by atomic mass is 9.70. The second-order valence-electron chi connectivity index (χ2n) is 2.51. The van der Waals surface area contributed by atoms with E-state index in [4.69, 9.17) is 10.2 Å². The maximum Gasteiger partial charge on any atom is 0.0509 e. The third-order valence-corrected chi connectivity index (χ3v) is 1.83.